The smallest absolute Gasteiger partial charge is 0.251 e. The number of carbonyl (C=O) groups excluding carboxylic acids is 1. The Labute approximate surface area is 210 Å². The van der Waals surface area contributed by atoms with Gasteiger partial charge in [0.15, 0.2) is 5.65 Å². The lowest BCUT2D eigenvalue weighted by Crippen LogP contribution is -2.37. The monoisotopic (exact) mass is 482 g/mol. The number of nitrogens with zero attached hydrogens (tertiary/aromatic N) is 4. The van der Waals surface area contributed by atoms with Crippen molar-refractivity contribution < 1.29 is 9.53 Å². The first-order valence-electron chi connectivity index (χ1n) is 12.6. The average Bonchev–Trinajstić information content (AvgIpc) is 3.64. The molecule has 1 saturated heterocycles. The van der Waals surface area contributed by atoms with Crippen LogP contribution in [0, 0.1) is 0 Å². The molecule has 2 aromatic carbocycles. The Morgan fingerprint density at radius 2 is 1.78 bits per heavy atom. The number of pyridine rings is 1. The molecule has 1 atom stereocenters. The molecule has 1 amide bonds. The van der Waals surface area contributed by atoms with Gasteiger partial charge < -0.3 is 15.4 Å². The van der Waals surface area contributed by atoms with Crippen molar-refractivity contribution >= 4 is 23.2 Å². The first kappa shape index (κ1) is 22.7. The summed E-state index contributed by atoms with van der Waals surface area (Å²) < 4.78 is 7.29. The molecule has 1 aliphatic carbocycles. The maximum atomic E-state index is 12.2. The lowest BCUT2D eigenvalue weighted by atomic mass is 10.0. The van der Waals surface area contributed by atoms with Crippen molar-refractivity contribution in [3.63, 3.8) is 0 Å². The molecular formula is C28H30N6O2. The lowest BCUT2D eigenvalue weighted by molar-refractivity contribution is 0.0198. The number of carbonyl (C=O) groups is 1. The summed E-state index contributed by atoms with van der Waals surface area (Å²) in [6.07, 6.45) is 4.05. The number of nitrogens with one attached hydrogen (secondary N) is 2. The van der Waals surface area contributed by atoms with Gasteiger partial charge in [0.25, 0.3) is 5.91 Å². The van der Waals surface area contributed by atoms with Gasteiger partial charge in [-0.25, -0.2) is 4.52 Å². The Morgan fingerprint density at radius 3 is 2.50 bits per heavy atom. The third-order valence-corrected chi connectivity index (χ3v) is 6.98. The van der Waals surface area contributed by atoms with E-state index >= 15 is 0 Å². The van der Waals surface area contributed by atoms with E-state index in [1.165, 1.54) is 5.56 Å². The molecule has 184 valence electrons. The third-order valence-electron chi connectivity index (χ3n) is 6.98. The summed E-state index contributed by atoms with van der Waals surface area (Å²) in [5, 5.41) is 10.9. The molecule has 4 aromatic rings. The Kier molecular flexibility index (Phi) is 6.13. The fourth-order valence-corrected chi connectivity index (χ4v) is 4.63. The summed E-state index contributed by atoms with van der Waals surface area (Å²) in [5.41, 5.74) is 5.69. The topological polar surface area (TPSA) is 83.8 Å². The number of hydrogen-bond donors (Lipinski definition) is 2. The fraction of sp³-hybridized carbons (Fsp3) is 0.321. The SMILES string of the molecule is C[C@@H](c1ccc(-c2cccn3nc(Nc4ccc(C(=O)NC5CC5)cc4)nc23)cc1)N1CCOCC1. The molecule has 2 fully saturated rings. The molecule has 2 aromatic heterocycles. The number of ether oxygens (including phenoxy) is 1. The Balaban J connectivity index is 1.19. The summed E-state index contributed by atoms with van der Waals surface area (Å²) in [5.74, 6) is 0.486. The highest BCUT2D eigenvalue weighted by Crippen LogP contribution is 2.28. The van der Waals surface area contributed by atoms with E-state index in [0.717, 1.165) is 61.6 Å². The maximum absolute atomic E-state index is 12.2. The van der Waals surface area contributed by atoms with Crippen molar-refractivity contribution in [2.24, 2.45) is 0 Å². The third kappa shape index (κ3) is 4.82. The molecule has 0 unspecified atom stereocenters. The maximum Gasteiger partial charge on any atom is 0.251 e. The molecule has 0 bridgehead atoms. The molecule has 3 heterocycles. The number of amides is 1. The van der Waals surface area contributed by atoms with Crippen molar-refractivity contribution in [2.45, 2.75) is 31.8 Å². The molecule has 2 aliphatic rings. The number of aromatic nitrogens is 3. The standard InChI is InChI=1S/C28H30N6O2/c1-19(33-15-17-36-18-16-33)20-4-6-21(7-5-20)25-3-2-14-34-26(25)31-28(32-34)30-24-10-8-22(9-11-24)27(35)29-23-12-13-23/h2-11,14,19,23H,12-13,15-18H2,1H3,(H,29,35)(H,30,32)/t19-/m0/s1. The molecule has 8 heteroatoms. The van der Waals surface area contributed by atoms with Gasteiger partial charge >= 0.3 is 0 Å². The molecule has 1 saturated carbocycles. The van der Waals surface area contributed by atoms with E-state index in [9.17, 15) is 4.79 Å². The van der Waals surface area contributed by atoms with Crippen LogP contribution in [0.15, 0.2) is 66.9 Å². The van der Waals surface area contributed by atoms with Crippen LogP contribution < -0.4 is 10.6 Å². The van der Waals surface area contributed by atoms with Crippen molar-refractivity contribution in [3.8, 4) is 11.1 Å². The Morgan fingerprint density at radius 1 is 1.03 bits per heavy atom. The fourth-order valence-electron chi connectivity index (χ4n) is 4.63. The van der Waals surface area contributed by atoms with Gasteiger partial charge in [0, 0.05) is 48.2 Å². The van der Waals surface area contributed by atoms with E-state index in [-0.39, 0.29) is 5.91 Å². The summed E-state index contributed by atoms with van der Waals surface area (Å²) in [7, 11) is 0. The van der Waals surface area contributed by atoms with Crippen LogP contribution in [0.3, 0.4) is 0 Å². The van der Waals surface area contributed by atoms with E-state index in [1.54, 1.807) is 4.52 Å². The number of fused-ring (bicyclic) bond motifs is 1. The molecule has 36 heavy (non-hydrogen) atoms. The van der Waals surface area contributed by atoms with Gasteiger partial charge in [-0.1, -0.05) is 24.3 Å². The summed E-state index contributed by atoms with van der Waals surface area (Å²) >= 11 is 0. The number of benzene rings is 2. The zero-order chi connectivity index (χ0) is 24.5. The number of rotatable bonds is 7. The summed E-state index contributed by atoms with van der Waals surface area (Å²) in [4.78, 5) is 19.4. The van der Waals surface area contributed by atoms with E-state index in [0.29, 0.717) is 23.6 Å². The zero-order valence-corrected chi connectivity index (χ0v) is 20.4. The van der Waals surface area contributed by atoms with E-state index < -0.39 is 0 Å². The van der Waals surface area contributed by atoms with Crippen LogP contribution in [0.25, 0.3) is 16.8 Å². The van der Waals surface area contributed by atoms with E-state index in [2.05, 4.69) is 57.9 Å². The molecule has 8 nitrogen and oxygen atoms in total. The largest absolute Gasteiger partial charge is 0.379 e. The highest BCUT2D eigenvalue weighted by atomic mass is 16.5. The van der Waals surface area contributed by atoms with Crippen molar-refractivity contribution in [2.75, 3.05) is 31.6 Å². The highest BCUT2D eigenvalue weighted by Gasteiger charge is 2.23. The number of anilines is 2. The minimum absolute atomic E-state index is 0.0232. The minimum Gasteiger partial charge on any atom is -0.379 e. The Hall–Kier alpha value is -3.75. The van der Waals surface area contributed by atoms with E-state index in [1.807, 2.05) is 36.5 Å². The van der Waals surface area contributed by atoms with Crippen LogP contribution in [0.4, 0.5) is 11.6 Å². The van der Waals surface area contributed by atoms with Crippen molar-refractivity contribution in [3.05, 3.63) is 78.0 Å². The van der Waals surface area contributed by atoms with Crippen molar-refractivity contribution in [1.82, 2.24) is 24.8 Å². The first-order chi connectivity index (χ1) is 17.6. The lowest BCUT2D eigenvalue weighted by Gasteiger charge is -2.32. The minimum atomic E-state index is -0.0232. The predicted molar refractivity (Wildman–Crippen MR) is 139 cm³/mol. The van der Waals surface area contributed by atoms with Gasteiger partial charge in [-0.15, -0.1) is 5.10 Å². The molecule has 0 spiro atoms. The predicted octanol–water partition coefficient (Wildman–Crippen LogP) is 4.43. The second-order valence-corrected chi connectivity index (χ2v) is 9.52. The quantitative estimate of drug-likeness (QED) is 0.406. The van der Waals surface area contributed by atoms with Gasteiger partial charge in [-0.3, -0.25) is 9.69 Å². The van der Waals surface area contributed by atoms with Crippen LogP contribution in [0.5, 0.6) is 0 Å². The molecule has 0 radical (unpaired) electrons. The van der Waals surface area contributed by atoms with Crippen LogP contribution in [0.2, 0.25) is 0 Å². The second kappa shape index (κ2) is 9.72. The highest BCUT2D eigenvalue weighted by molar-refractivity contribution is 5.95. The van der Waals surface area contributed by atoms with E-state index in [4.69, 9.17) is 9.72 Å². The molecule has 1 aliphatic heterocycles. The summed E-state index contributed by atoms with van der Waals surface area (Å²) in [6.45, 7) is 5.78. The molecular weight excluding hydrogens is 452 g/mol. The Bertz CT molecular complexity index is 1360. The van der Waals surface area contributed by atoms with Gasteiger partial charge in [-0.05, 0) is 67.3 Å². The van der Waals surface area contributed by atoms with Crippen LogP contribution >= 0.6 is 0 Å². The number of morpholine rings is 1. The van der Waals surface area contributed by atoms with Crippen LogP contribution in [-0.4, -0.2) is 57.8 Å². The van der Waals surface area contributed by atoms with Crippen molar-refractivity contribution in [1.29, 1.82) is 0 Å². The molecule has 6 rings (SSSR count). The molecule has 2 N–H and O–H groups in total. The number of hydrogen-bond acceptors (Lipinski definition) is 6. The zero-order valence-electron chi connectivity index (χ0n) is 20.4. The summed E-state index contributed by atoms with van der Waals surface area (Å²) in [6, 6.07) is 20.9. The van der Waals surface area contributed by atoms with Crippen LogP contribution in [0.1, 0.15) is 41.7 Å². The average molecular weight is 483 g/mol. The van der Waals surface area contributed by atoms with Gasteiger partial charge in [0.2, 0.25) is 5.95 Å². The second-order valence-electron chi connectivity index (χ2n) is 9.52. The van der Waals surface area contributed by atoms with Gasteiger partial charge in [0.1, 0.15) is 0 Å². The van der Waals surface area contributed by atoms with Gasteiger partial charge in [0.05, 0.1) is 13.2 Å². The first-order valence-corrected chi connectivity index (χ1v) is 12.6. The van der Waals surface area contributed by atoms with Crippen LogP contribution in [-0.2, 0) is 4.74 Å². The normalized spacial score (nSPS) is 17.1. The van der Waals surface area contributed by atoms with Gasteiger partial charge in [-0.2, -0.15) is 4.98 Å².